The van der Waals surface area contributed by atoms with Crippen LogP contribution in [-0.4, -0.2) is 47.6 Å². The second kappa shape index (κ2) is 10.0. The zero-order valence-corrected chi connectivity index (χ0v) is 15.1. The number of aliphatic imine (C=N–C) groups is 1. The number of halogens is 1. The van der Waals surface area contributed by atoms with Crippen molar-refractivity contribution < 1.29 is 0 Å². The van der Waals surface area contributed by atoms with E-state index >= 15 is 0 Å². The third kappa shape index (κ3) is 6.66. The molecule has 0 radical (unpaired) electrons. The Morgan fingerprint density at radius 3 is 2.81 bits per heavy atom. The summed E-state index contributed by atoms with van der Waals surface area (Å²) >= 11 is 7.93. The molecular formula is C15H27ClN4S. The molecule has 0 aliphatic carbocycles. The van der Waals surface area contributed by atoms with Crippen LogP contribution in [0.2, 0.25) is 5.02 Å². The molecule has 0 saturated carbocycles. The normalized spacial score (nSPS) is 11.8. The van der Waals surface area contributed by atoms with Gasteiger partial charge in [0, 0.05) is 39.1 Å². The van der Waals surface area contributed by atoms with E-state index in [1.54, 1.807) is 0 Å². The molecule has 1 aromatic rings. The molecule has 1 rings (SSSR count). The Morgan fingerprint density at radius 1 is 1.48 bits per heavy atom. The van der Waals surface area contributed by atoms with Crippen molar-refractivity contribution in [2.45, 2.75) is 26.3 Å². The molecule has 120 valence electrons. The van der Waals surface area contributed by atoms with E-state index in [2.05, 4.69) is 35.0 Å². The van der Waals surface area contributed by atoms with Crippen molar-refractivity contribution in [1.29, 1.82) is 0 Å². The number of hydrogen-bond acceptors (Lipinski definition) is 2. The van der Waals surface area contributed by atoms with E-state index in [0.29, 0.717) is 0 Å². The first kappa shape index (κ1) is 18.2. The summed E-state index contributed by atoms with van der Waals surface area (Å²) in [4.78, 5) is 6.84. The summed E-state index contributed by atoms with van der Waals surface area (Å²) in [5.41, 5.74) is 1.18. The Hall–Kier alpha value is -0.810. The first-order valence-corrected chi connectivity index (χ1v) is 9.14. The maximum Gasteiger partial charge on any atom is 0.194 e. The predicted octanol–water partition coefficient (Wildman–Crippen LogP) is 3.22. The molecule has 21 heavy (non-hydrogen) atoms. The summed E-state index contributed by atoms with van der Waals surface area (Å²) < 4.78 is 2.06. The maximum absolute atomic E-state index is 6.03. The molecule has 1 heterocycles. The van der Waals surface area contributed by atoms with Gasteiger partial charge in [0.2, 0.25) is 0 Å². The van der Waals surface area contributed by atoms with Gasteiger partial charge in [0.1, 0.15) is 0 Å². The van der Waals surface area contributed by atoms with Crippen LogP contribution >= 0.6 is 23.4 Å². The largest absolute Gasteiger partial charge is 0.357 e. The van der Waals surface area contributed by atoms with Crippen molar-refractivity contribution in [1.82, 2.24) is 14.8 Å². The number of nitrogens with one attached hydrogen (secondary N) is 1. The molecule has 0 spiro atoms. The number of unbranched alkanes of at least 4 members (excludes halogenated alkanes) is 1. The highest BCUT2D eigenvalue weighted by molar-refractivity contribution is 7.98. The average Bonchev–Trinajstić information content (AvgIpc) is 2.75. The van der Waals surface area contributed by atoms with Crippen molar-refractivity contribution in [3.8, 4) is 0 Å². The van der Waals surface area contributed by atoms with E-state index < -0.39 is 0 Å². The molecule has 1 aromatic heterocycles. The molecule has 0 amide bonds. The highest BCUT2D eigenvalue weighted by Crippen LogP contribution is 2.14. The highest BCUT2D eigenvalue weighted by Gasteiger charge is 2.09. The molecule has 0 aromatic carbocycles. The summed E-state index contributed by atoms with van der Waals surface area (Å²) in [6.07, 6.45) is 6.43. The number of guanidine groups is 1. The summed E-state index contributed by atoms with van der Waals surface area (Å²) in [7, 11) is 4.08. The molecule has 1 N–H and O–H groups in total. The number of thioether (sulfide) groups is 1. The molecule has 0 aliphatic rings. The van der Waals surface area contributed by atoms with Crippen LogP contribution in [0.3, 0.4) is 0 Å². The maximum atomic E-state index is 6.03. The SMILES string of the molecule is CCNC(=NCCCCSC)N(C)Cc1cc(Cl)cn1C. The standard InChI is InChI=1S/C15H27ClN4S/c1-5-17-15(18-8-6-7-9-21-4)20(3)12-14-10-13(16)11-19(14)2/h10-11H,5-9,12H2,1-4H3,(H,17,18). The fraction of sp³-hybridized carbons (Fsp3) is 0.667. The van der Waals surface area contributed by atoms with Crippen LogP contribution in [0.4, 0.5) is 0 Å². The van der Waals surface area contributed by atoms with E-state index in [9.17, 15) is 0 Å². The zero-order chi connectivity index (χ0) is 15.7. The molecule has 0 atom stereocenters. The van der Waals surface area contributed by atoms with Crippen molar-refractivity contribution in [3.05, 3.63) is 23.0 Å². The smallest absolute Gasteiger partial charge is 0.194 e. The van der Waals surface area contributed by atoms with Gasteiger partial charge in [-0.2, -0.15) is 11.8 Å². The number of aryl methyl sites for hydroxylation is 1. The summed E-state index contributed by atoms with van der Waals surface area (Å²) in [5.74, 6) is 2.17. The van der Waals surface area contributed by atoms with Gasteiger partial charge in [-0.1, -0.05) is 11.6 Å². The summed E-state index contributed by atoms with van der Waals surface area (Å²) in [6.45, 7) is 4.64. The van der Waals surface area contributed by atoms with Crippen molar-refractivity contribution in [2.24, 2.45) is 12.0 Å². The third-order valence-corrected chi connectivity index (χ3v) is 4.09. The van der Waals surface area contributed by atoms with Crippen LogP contribution in [0.25, 0.3) is 0 Å². The van der Waals surface area contributed by atoms with Crippen molar-refractivity contribution in [3.63, 3.8) is 0 Å². The van der Waals surface area contributed by atoms with E-state index in [1.807, 2.05) is 31.1 Å². The van der Waals surface area contributed by atoms with Crippen LogP contribution in [0.5, 0.6) is 0 Å². The summed E-state index contributed by atoms with van der Waals surface area (Å²) in [5, 5.41) is 4.13. The Bertz CT molecular complexity index is 445. The molecule has 0 fully saturated rings. The minimum Gasteiger partial charge on any atom is -0.357 e. The van der Waals surface area contributed by atoms with E-state index in [-0.39, 0.29) is 0 Å². The molecule has 0 unspecified atom stereocenters. The Kier molecular flexibility index (Phi) is 8.69. The lowest BCUT2D eigenvalue weighted by Gasteiger charge is -2.22. The predicted molar refractivity (Wildman–Crippen MR) is 95.5 cm³/mol. The lowest BCUT2D eigenvalue weighted by Crippen LogP contribution is -2.38. The minimum absolute atomic E-state index is 0.778. The summed E-state index contributed by atoms with van der Waals surface area (Å²) in [6, 6.07) is 2.00. The van der Waals surface area contributed by atoms with Gasteiger partial charge in [0.05, 0.1) is 11.6 Å². The minimum atomic E-state index is 0.778. The zero-order valence-electron chi connectivity index (χ0n) is 13.5. The molecule has 4 nitrogen and oxygen atoms in total. The molecular weight excluding hydrogens is 304 g/mol. The van der Waals surface area contributed by atoms with Crippen LogP contribution < -0.4 is 5.32 Å². The van der Waals surface area contributed by atoms with Crippen LogP contribution in [-0.2, 0) is 13.6 Å². The molecule has 6 heteroatoms. The molecule has 0 bridgehead atoms. The third-order valence-electron chi connectivity index (χ3n) is 3.19. The molecule has 0 saturated heterocycles. The Morgan fingerprint density at radius 2 is 2.24 bits per heavy atom. The second-order valence-electron chi connectivity index (χ2n) is 5.05. The topological polar surface area (TPSA) is 32.6 Å². The van der Waals surface area contributed by atoms with E-state index in [0.717, 1.165) is 37.0 Å². The van der Waals surface area contributed by atoms with Gasteiger partial charge >= 0.3 is 0 Å². The number of hydrogen-bond donors (Lipinski definition) is 1. The lowest BCUT2D eigenvalue weighted by atomic mass is 10.3. The number of nitrogens with zero attached hydrogens (tertiary/aromatic N) is 3. The fourth-order valence-electron chi connectivity index (χ4n) is 2.05. The van der Waals surface area contributed by atoms with E-state index in [1.165, 1.54) is 17.9 Å². The van der Waals surface area contributed by atoms with Crippen LogP contribution in [0, 0.1) is 0 Å². The van der Waals surface area contributed by atoms with Gasteiger partial charge < -0.3 is 14.8 Å². The van der Waals surface area contributed by atoms with Gasteiger partial charge in [-0.05, 0) is 37.8 Å². The van der Waals surface area contributed by atoms with Gasteiger partial charge in [-0.15, -0.1) is 0 Å². The van der Waals surface area contributed by atoms with Gasteiger partial charge in [0.15, 0.2) is 5.96 Å². The first-order chi connectivity index (χ1) is 10.1. The van der Waals surface area contributed by atoms with Gasteiger partial charge in [-0.25, -0.2) is 0 Å². The second-order valence-corrected chi connectivity index (χ2v) is 6.47. The highest BCUT2D eigenvalue weighted by atomic mass is 35.5. The van der Waals surface area contributed by atoms with Gasteiger partial charge in [0.25, 0.3) is 0 Å². The average molecular weight is 331 g/mol. The van der Waals surface area contributed by atoms with Crippen molar-refractivity contribution in [2.75, 3.05) is 32.1 Å². The first-order valence-electron chi connectivity index (χ1n) is 7.37. The van der Waals surface area contributed by atoms with E-state index in [4.69, 9.17) is 16.6 Å². The fourth-order valence-corrected chi connectivity index (χ4v) is 2.82. The number of rotatable bonds is 8. The number of aromatic nitrogens is 1. The lowest BCUT2D eigenvalue weighted by molar-refractivity contribution is 0.461. The Balaban J connectivity index is 2.57. The van der Waals surface area contributed by atoms with Crippen LogP contribution in [0.15, 0.2) is 17.3 Å². The molecule has 0 aliphatic heterocycles. The van der Waals surface area contributed by atoms with Gasteiger partial charge in [-0.3, -0.25) is 4.99 Å². The Labute approximate surface area is 137 Å². The van der Waals surface area contributed by atoms with Crippen molar-refractivity contribution >= 4 is 29.3 Å². The quantitative estimate of drug-likeness (QED) is 0.451. The monoisotopic (exact) mass is 330 g/mol. The van der Waals surface area contributed by atoms with Crippen LogP contribution in [0.1, 0.15) is 25.5 Å².